The Morgan fingerprint density at radius 1 is 1.17 bits per heavy atom. The summed E-state index contributed by atoms with van der Waals surface area (Å²) in [6.45, 7) is 1.28. The van der Waals surface area contributed by atoms with Crippen LogP contribution in [-0.4, -0.2) is 43.0 Å². The molecule has 0 saturated carbocycles. The number of esters is 1. The fourth-order valence-electron chi connectivity index (χ4n) is 2.92. The highest BCUT2D eigenvalue weighted by Crippen LogP contribution is 2.20. The van der Waals surface area contributed by atoms with Crippen LogP contribution in [0.1, 0.15) is 17.3 Å². The van der Waals surface area contributed by atoms with Crippen molar-refractivity contribution in [1.82, 2.24) is 25.2 Å². The highest BCUT2D eigenvalue weighted by molar-refractivity contribution is 6.30. The summed E-state index contributed by atoms with van der Waals surface area (Å²) in [5.74, 6) is -0.563. The second-order valence-electron chi connectivity index (χ2n) is 6.39. The van der Waals surface area contributed by atoms with Crippen molar-refractivity contribution < 1.29 is 14.3 Å². The third kappa shape index (κ3) is 4.02. The van der Waals surface area contributed by atoms with Crippen molar-refractivity contribution in [3.05, 3.63) is 65.3 Å². The SMILES string of the molecule is C[C@H](OC(=O)Cn1nnc(-c2ccc(Cl)cc2)n1)C(=O)c1c[nH]c2ccccc12. The molecule has 4 aromatic rings. The van der Waals surface area contributed by atoms with Crippen LogP contribution in [0, 0.1) is 0 Å². The number of hydrogen-bond acceptors (Lipinski definition) is 6. The molecule has 1 atom stereocenters. The number of hydrogen-bond donors (Lipinski definition) is 1. The number of para-hydroxylation sites is 1. The summed E-state index contributed by atoms with van der Waals surface area (Å²) in [4.78, 5) is 29.0. The predicted octanol–water partition coefficient (Wildman–Crippen LogP) is 3.29. The molecule has 0 unspecified atom stereocenters. The van der Waals surface area contributed by atoms with Gasteiger partial charge in [-0.15, -0.1) is 10.2 Å². The highest BCUT2D eigenvalue weighted by atomic mass is 35.5. The van der Waals surface area contributed by atoms with Gasteiger partial charge in [-0.1, -0.05) is 29.8 Å². The van der Waals surface area contributed by atoms with E-state index in [4.69, 9.17) is 16.3 Å². The Balaban J connectivity index is 1.40. The van der Waals surface area contributed by atoms with Crippen LogP contribution in [0.4, 0.5) is 0 Å². The van der Waals surface area contributed by atoms with Crippen molar-refractivity contribution >= 4 is 34.3 Å². The van der Waals surface area contributed by atoms with Gasteiger partial charge in [0.05, 0.1) is 0 Å². The lowest BCUT2D eigenvalue weighted by Crippen LogP contribution is -2.27. The molecule has 0 fully saturated rings. The second kappa shape index (κ2) is 7.84. The van der Waals surface area contributed by atoms with Crippen molar-refractivity contribution in [3.63, 3.8) is 0 Å². The van der Waals surface area contributed by atoms with Crippen LogP contribution in [0.15, 0.2) is 54.7 Å². The fraction of sp³-hybridized carbons (Fsp3) is 0.150. The van der Waals surface area contributed by atoms with E-state index in [1.807, 2.05) is 24.3 Å². The summed E-state index contributed by atoms with van der Waals surface area (Å²) < 4.78 is 5.27. The summed E-state index contributed by atoms with van der Waals surface area (Å²) in [6, 6.07) is 14.4. The number of fused-ring (bicyclic) bond motifs is 1. The summed E-state index contributed by atoms with van der Waals surface area (Å²) in [6.07, 6.45) is 0.676. The molecule has 0 radical (unpaired) electrons. The van der Waals surface area contributed by atoms with Crippen LogP contribution in [-0.2, 0) is 16.1 Å². The Morgan fingerprint density at radius 3 is 2.72 bits per heavy atom. The molecule has 2 aromatic heterocycles. The molecule has 4 rings (SSSR count). The first kappa shape index (κ1) is 18.8. The van der Waals surface area contributed by atoms with Crippen molar-refractivity contribution in [1.29, 1.82) is 0 Å². The van der Waals surface area contributed by atoms with Gasteiger partial charge in [-0.2, -0.15) is 4.80 Å². The van der Waals surface area contributed by atoms with Crippen LogP contribution in [0.25, 0.3) is 22.3 Å². The molecule has 2 aromatic carbocycles. The molecule has 146 valence electrons. The third-order valence-electron chi connectivity index (χ3n) is 4.36. The number of H-pyrrole nitrogens is 1. The number of carbonyl (C=O) groups excluding carboxylic acids is 2. The van der Waals surface area contributed by atoms with E-state index in [9.17, 15) is 9.59 Å². The fourth-order valence-corrected chi connectivity index (χ4v) is 3.05. The van der Waals surface area contributed by atoms with Gasteiger partial charge in [0.25, 0.3) is 0 Å². The third-order valence-corrected chi connectivity index (χ3v) is 4.61. The van der Waals surface area contributed by atoms with E-state index < -0.39 is 12.1 Å². The minimum Gasteiger partial charge on any atom is -0.453 e. The number of aromatic amines is 1. The maximum absolute atomic E-state index is 12.7. The van der Waals surface area contributed by atoms with Crippen LogP contribution in [0.2, 0.25) is 5.02 Å². The number of aromatic nitrogens is 5. The highest BCUT2D eigenvalue weighted by Gasteiger charge is 2.22. The van der Waals surface area contributed by atoms with Gasteiger partial charge in [0.2, 0.25) is 11.6 Å². The maximum atomic E-state index is 12.7. The van der Waals surface area contributed by atoms with Crippen molar-refractivity contribution in [2.75, 3.05) is 0 Å². The molecule has 0 spiro atoms. The smallest absolute Gasteiger partial charge is 0.330 e. The molecule has 1 N–H and O–H groups in total. The molecule has 29 heavy (non-hydrogen) atoms. The van der Waals surface area contributed by atoms with Crippen molar-refractivity contribution in [3.8, 4) is 11.4 Å². The molecule has 9 heteroatoms. The molecular formula is C20H16ClN5O3. The van der Waals surface area contributed by atoms with E-state index in [0.717, 1.165) is 21.3 Å². The average Bonchev–Trinajstić information content (AvgIpc) is 3.35. The normalized spacial score (nSPS) is 12.1. The standard InChI is InChI=1S/C20H16ClN5O3/c1-12(19(28)16-10-22-17-5-3-2-4-15(16)17)29-18(27)11-26-24-20(23-25-26)13-6-8-14(21)9-7-13/h2-10,12,22H,11H2,1H3/t12-/m0/s1. The number of carbonyl (C=O) groups is 2. The zero-order chi connectivity index (χ0) is 20.4. The van der Waals surface area contributed by atoms with Crippen LogP contribution < -0.4 is 0 Å². The number of ether oxygens (including phenoxy) is 1. The quantitative estimate of drug-likeness (QED) is 0.387. The van der Waals surface area contributed by atoms with Gasteiger partial charge in [-0.25, -0.2) is 4.79 Å². The average molecular weight is 410 g/mol. The monoisotopic (exact) mass is 409 g/mol. The van der Waals surface area contributed by atoms with Gasteiger partial charge in [-0.05, 0) is 42.5 Å². The number of nitrogens with one attached hydrogen (secondary N) is 1. The molecule has 0 amide bonds. The number of ketones is 1. The van der Waals surface area contributed by atoms with Gasteiger partial charge in [0, 0.05) is 33.2 Å². The molecule has 0 saturated heterocycles. The predicted molar refractivity (Wildman–Crippen MR) is 106 cm³/mol. The van der Waals surface area contributed by atoms with E-state index in [0.29, 0.717) is 16.4 Å². The Morgan fingerprint density at radius 2 is 1.93 bits per heavy atom. The first-order valence-corrected chi connectivity index (χ1v) is 9.22. The van der Waals surface area contributed by atoms with Crippen molar-refractivity contribution in [2.45, 2.75) is 19.6 Å². The lowest BCUT2D eigenvalue weighted by molar-refractivity contribution is -0.147. The Bertz CT molecular complexity index is 1180. The minimum atomic E-state index is -0.944. The largest absolute Gasteiger partial charge is 0.453 e. The first-order chi connectivity index (χ1) is 14.0. The number of rotatable bonds is 6. The van der Waals surface area contributed by atoms with Gasteiger partial charge < -0.3 is 9.72 Å². The van der Waals surface area contributed by atoms with E-state index in [1.54, 1.807) is 30.5 Å². The number of halogens is 1. The maximum Gasteiger partial charge on any atom is 0.330 e. The Kier molecular flexibility index (Phi) is 5.09. The zero-order valence-electron chi connectivity index (χ0n) is 15.4. The first-order valence-electron chi connectivity index (χ1n) is 8.85. The molecule has 8 nitrogen and oxygen atoms in total. The van der Waals surface area contributed by atoms with Gasteiger partial charge in [0.1, 0.15) is 0 Å². The molecule has 0 aliphatic carbocycles. The summed E-state index contributed by atoms with van der Waals surface area (Å²) in [5, 5.41) is 13.3. The number of Topliss-reactive ketones (excluding diaryl/α,β-unsaturated/α-hetero) is 1. The molecule has 0 aliphatic rings. The zero-order valence-corrected chi connectivity index (χ0v) is 16.1. The summed E-state index contributed by atoms with van der Waals surface area (Å²) in [7, 11) is 0. The molecular weight excluding hydrogens is 394 g/mol. The Hall–Kier alpha value is -3.52. The summed E-state index contributed by atoms with van der Waals surface area (Å²) in [5.41, 5.74) is 2.04. The minimum absolute atomic E-state index is 0.258. The van der Waals surface area contributed by atoms with Gasteiger partial charge in [-0.3, -0.25) is 4.79 Å². The number of nitrogens with zero attached hydrogens (tertiary/aromatic N) is 4. The van der Waals surface area contributed by atoms with Gasteiger partial charge >= 0.3 is 5.97 Å². The lowest BCUT2D eigenvalue weighted by Gasteiger charge is -2.11. The molecule has 2 heterocycles. The van der Waals surface area contributed by atoms with Crippen molar-refractivity contribution in [2.24, 2.45) is 0 Å². The van der Waals surface area contributed by atoms with E-state index >= 15 is 0 Å². The lowest BCUT2D eigenvalue weighted by atomic mass is 10.1. The molecule has 0 bridgehead atoms. The topological polar surface area (TPSA) is 103 Å². The van der Waals surface area contributed by atoms with E-state index in [-0.39, 0.29) is 12.3 Å². The molecule has 0 aliphatic heterocycles. The van der Waals surface area contributed by atoms with Gasteiger partial charge in [0.15, 0.2) is 12.6 Å². The number of tetrazole rings is 1. The van der Waals surface area contributed by atoms with Crippen LogP contribution in [0.3, 0.4) is 0 Å². The van der Waals surface area contributed by atoms with Crippen LogP contribution in [0.5, 0.6) is 0 Å². The Labute approximate surface area is 170 Å². The summed E-state index contributed by atoms with van der Waals surface area (Å²) >= 11 is 5.86. The second-order valence-corrected chi connectivity index (χ2v) is 6.83. The van der Waals surface area contributed by atoms with E-state index in [2.05, 4.69) is 20.4 Å². The van der Waals surface area contributed by atoms with E-state index in [1.165, 1.54) is 6.92 Å². The van der Waals surface area contributed by atoms with Crippen LogP contribution >= 0.6 is 11.6 Å². The number of benzene rings is 2.